The molecule has 0 unspecified atom stereocenters. The van der Waals surface area contributed by atoms with E-state index in [-0.39, 0.29) is 0 Å². The van der Waals surface area contributed by atoms with E-state index in [1.165, 1.54) is 5.01 Å². The Hall–Kier alpha value is -3.81. The molecule has 0 aliphatic heterocycles. The molecule has 8 heteroatoms. The molecule has 8 nitrogen and oxygen atoms in total. The van der Waals surface area contributed by atoms with Crippen LogP contribution >= 0.6 is 0 Å². The van der Waals surface area contributed by atoms with Crippen molar-refractivity contribution in [2.24, 2.45) is 5.16 Å². The standard InChI is InChI=1S/C26H31N3O5/c1-26(2,3)34-25(31)27-29(18-30)15-9-5-4-6-10-16-33-19-13-14-21-20-11-7-8-12-22(20)24(28-32)23(21)17-19/h6-8,10-14,17-18,32H,4-5,9,15-16H2,1-3H3,(H,27,31)/b10-6+,28-24-. The largest absolute Gasteiger partial charge is 0.490 e. The number of oxime groups is 1. The SMILES string of the molecule is CC(C)(C)OC(=O)NN(C=O)CCCC/C=C/COc1ccc2c(c1)/C(=N\O)c1ccccc1-2. The predicted octanol–water partition coefficient (Wildman–Crippen LogP) is 4.90. The summed E-state index contributed by atoms with van der Waals surface area (Å²) in [7, 11) is 0. The van der Waals surface area contributed by atoms with Crippen molar-refractivity contribution in [3.63, 3.8) is 0 Å². The van der Waals surface area contributed by atoms with Crippen molar-refractivity contribution in [1.29, 1.82) is 0 Å². The zero-order valence-corrected chi connectivity index (χ0v) is 19.8. The molecule has 34 heavy (non-hydrogen) atoms. The highest BCUT2D eigenvalue weighted by molar-refractivity contribution is 6.24. The topological polar surface area (TPSA) is 100 Å². The van der Waals surface area contributed by atoms with Gasteiger partial charge < -0.3 is 14.7 Å². The fraction of sp³-hybridized carbons (Fsp3) is 0.346. The highest BCUT2D eigenvalue weighted by atomic mass is 16.6. The Morgan fingerprint density at radius 1 is 1.06 bits per heavy atom. The molecule has 0 fully saturated rings. The second-order valence-corrected chi connectivity index (χ2v) is 8.89. The summed E-state index contributed by atoms with van der Waals surface area (Å²) in [6.07, 6.45) is 6.30. The molecule has 1 aliphatic rings. The Morgan fingerprint density at radius 3 is 2.50 bits per heavy atom. The number of rotatable bonds is 10. The van der Waals surface area contributed by atoms with E-state index in [4.69, 9.17) is 9.47 Å². The fourth-order valence-electron chi connectivity index (χ4n) is 3.65. The summed E-state index contributed by atoms with van der Waals surface area (Å²) in [5.41, 5.74) is 6.19. The van der Waals surface area contributed by atoms with Gasteiger partial charge in [0, 0.05) is 17.7 Å². The van der Waals surface area contributed by atoms with Crippen molar-refractivity contribution >= 4 is 18.2 Å². The summed E-state index contributed by atoms with van der Waals surface area (Å²) in [5.74, 6) is 0.701. The fourth-order valence-corrected chi connectivity index (χ4v) is 3.65. The second kappa shape index (κ2) is 11.4. The van der Waals surface area contributed by atoms with Gasteiger partial charge in [0.25, 0.3) is 0 Å². The van der Waals surface area contributed by atoms with E-state index in [0.717, 1.165) is 41.5 Å². The van der Waals surface area contributed by atoms with Crippen LogP contribution in [0.2, 0.25) is 0 Å². The molecule has 0 saturated heterocycles. The zero-order chi connectivity index (χ0) is 24.6. The zero-order valence-electron chi connectivity index (χ0n) is 19.8. The molecule has 2 aromatic carbocycles. The lowest BCUT2D eigenvalue weighted by atomic mass is 10.1. The van der Waals surface area contributed by atoms with Crippen LogP contribution in [-0.2, 0) is 9.53 Å². The summed E-state index contributed by atoms with van der Waals surface area (Å²) in [4.78, 5) is 22.9. The first-order valence-electron chi connectivity index (χ1n) is 11.3. The van der Waals surface area contributed by atoms with Gasteiger partial charge in [-0.1, -0.05) is 41.6 Å². The predicted molar refractivity (Wildman–Crippen MR) is 130 cm³/mol. The third-order valence-corrected chi connectivity index (χ3v) is 5.11. The molecular formula is C26H31N3O5. The van der Waals surface area contributed by atoms with E-state index in [9.17, 15) is 14.8 Å². The molecule has 1 aliphatic carbocycles. The van der Waals surface area contributed by atoms with Gasteiger partial charge in [-0.15, -0.1) is 0 Å². The molecule has 2 amide bonds. The lowest BCUT2D eigenvalue weighted by molar-refractivity contribution is -0.121. The summed E-state index contributed by atoms with van der Waals surface area (Å²) < 4.78 is 11.0. The van der Waals surface area contributed by atoms with Crippen LogP contribution in [0.4, 0.5) is 4.79 Å². The van der Waals surface area contributed by atoms with Crippen LogP contribution in [0.3, 0.4) is 0 Å². The van der Waals surface area contributed by atoms with E-state index in [0.29, 0.717) is 31.0 Å². The lowest BCUT2D eigenvalue weighted by Gasteiger charge is -2.23. The van der Waals surface area contributed by atoms with Crippen molar-refractivity contribution in [1.82, 2.24) is 10.4 Å². The smallest absolute Gasteiger partial charge is 0.426 e. The molecule has 0 radical (unpaired) electrons. The van der Waals surface area contributed by atoms with Crippen LogP contribution in [-0.4, -0.2) is 47.2 Å². The van der Waals surface area contributed by atoms with E-state index in [1.54, 1.807) is 20.8 Å². The number of allylic oxidation sites excluding steroid dienone is 1. The Kier molecular flexibility index (Phi) is 8.29. The molecule has 0 aromatic heterocycles. The lowest BCUT2D eigenvalue weighted by Crippen LogP contribution is -2.44. The van der Waals surface area contributed by atoms with Crippen LogP contribution in [0.25, 0.3) is 11.1 Å². The molecule has 0 spiro atoms. The number of nitrogens with one attached hydrogen (secondary N) is 1. The number of nitrogens with zero attached hydrogens (tertiary/aromatic N) is 2. The Bertz CT molecular complexity index is 1070. The molecule has 2 N–H and O–H groups in total. The quantitative estimate of drug-likeness (QED) is 0.146. The number of hydrogen-bond donors (Lipinski definition) is 2. The molecule has 3 rings (SSSR count). The normalized spacial score (nSPS) is 13.4. The Morgan fingerprint density at radius 2 is 1.79 bits per heavy atom. The van der Waals surface area contributed by atoms with Crippen LogP contribution in [0.1, 0.15) is 51.2 Å². The highest BCUT2D eigenvalue weighted by Crippen LogP contribution is 2.38. The van der Waals surface area contributed by atoms with Crippen LogP contribution in [0.5, 0.6) is 5.75 Å². The maximum absolute atomic E-state index is 11.7. The first-order chi connectivity index (χ1) is 16.3. The third kappa shape index (κ3) is 6.60. The van der Waals surface area contributed by atoms with Crippen molar-refractivity contribution in [2.45, 2.75) is 45.6 Å². The summed E-state index contributed by atoms with van der Waals surface area (Å²) in [6.45, 7) is 6.10. The maximum Gasteiger partial charge on any atom is 0.426 e. The number of unbranched alkanes of at least 4 members (excludes halogenated alkanes) is 2. The molecule has 0 atom stereocenters. The number of carbonyl (C=O) groups excluding carboxylic acids is 2. The van der Waals surface area contributed by atoms with Gasteiger partial charge in [-0.05, 0) is 69.4 Å². The monoisotopic (exact) mass is 465 g/mol. The van der Waals surface area contributed by atoms with Crippen molar-refractivity contribution in [3.05, 3.63) is 65.7 Å². The summed E-state index contributed by atoms with van der Waals surface area (Å²) in [5, 5.41) is 14.2. The number of benzene rings is 2. The van der Waals surface area contributed by atoms with Gasteiger partial charge in [0.05, 0.1) is 0 Å². The van der Waals surface area contributed by atoms with E-state index in [1.807, 2.05) is 54.6 Å². The molecule has 0 bridgehead atoms. The molecular weight excluding hydrogens is 434 g/mol. The summed E-state index contributed by atoms with van der Waals surface area (Å²) >= 11 is 0. The summed E-state index contributed by atoms with van der Waals surface area (Å²) in [6, 6.07) is 13.6. The van der Waals surface area contributed by atoms with Crippen LogP contribution in [0.15, 0.2) is 59.8 Å². The number of amides is 2. The van der Waals surface area contributed by atoms with E-state index in [2.05, 4.69) is 10.6 Å². The minimum atomic E-state index is -0.649. The van der Waals surface area contributed by atoms with Gasteiger partial charge in [-0.3, -0.25) is 9.80 Å². The number of carbonyl (C=O) groups is 2. The van der Waals surface area contributed by atoms with Gasteiger partial charge in [-0.25, -0.2) is 10.2 Å². The number of hydrazine groups is 1. The first-order valence-corrected chi connectivity index (χ1v) is 11.3. The van der Waals surface area contributed by atoms with Gasteiger partial charge in [0.15, 0.2) is 0 Å². The second-order valence-electron chi connectivity index (χ2n) is 8.89. The molecule has 0 saturated carbocycles. The number of fused-ring (bicyclic) bond motifs is 3. The van der Waals surface area contributed by atoms with Gasteiger partial charge in [0.2, 0.25) is 6.41 Å². The van der Waals surface area contributed by atoms with Gasteiger partial charge >= 0.3 is 6.09 Å². The van der Waals surface area contributed by atoms with Crippen LogP contribution < -0.4 is 10.2 Å². The number of ether oxygens (including phenoxy) is 2. The van der Waals surface area contributed by atoms with Gasteiger partial charge in [0.1, 0.15) is 23.7 Å². The van der Waals surface area contributed by atoms with Crippen molar-refractivity contribution in [3.8, 4) is 16.9 Å². The third-order valence-electron chi connectivity index (χ3n) is 5.11. The molecule has 180 valence electrons. The highest BCUT2D eigenvalue weighted by Gasteiger charge is 2.25. The average Bonchev–Trinajstić information content (AvgIpc) is 3.11. The van der Waals surface area contributed by atoms with E-state index < -0.39 is 11.7 Å². The maximum atomic E-state index is 11.7. The molecule has 0 heterocycles. The number of hydrogen-bond acceptors (Lipinski definition) is 6. The van der Waals surface area contributed by atoms with Crippen molar-refractivity contribution < 1.29 is 24.3 Å². The van der Waals surface area contributed by atoms with Crippen molar-refractivity contribution in [2.75, 3.05) is 13.2 Å². The molecule has 2 aromatic rings. The average molecular weight is 466 g/mol. The van der Waals surface area contributed by atoms with E-state index >= 15 is 0 Å². The first kappa shape index (κ1) is 24.8. The van der Waals surface area contributed by atoms with Gasteiger partial charge in [-0.2, -0.15) is 0 Å². The Balaban J connectivity index is 1.39. The Labute approximate surface area is 199 Å². The minimum absolute atomic E-state index is 0.402. The van der Waals surface area contributed by atoms with Crippen LogP contribution in [0, 0.1) is 0 Å². The minimum Gasteiger partial charge on any atom is -0.490 e.